The van der Waals surface area contributed by atoms with E-state index in [0.29, 0.717) is 0 Å². The van der Waals surface area contributed by atoms with Gasteiger partial charge in [-0.1, -0.05) is 60.7 Å². The minimum atomic E-state index is 0.761. The highest BCUT2D eigenvalue weighted by Crippen LogP contribution is 2.46. The molecule has 17 aromatic rings. The Balaban J connectivity index is 0.751. The molecule has 10 aromatic carbocycles. The van der Waals surface area contributed by atoms with Gasteiger partial charge in [0.15, 0.2) is 0 Å². The van der Waals surface area contributed by atoms with Gasteiger partial charge in [0.05, 0.1) is 0 Å². The van der Waals surface area contributed by atoms with E-state index in [1.165, 1.54) is 21.5 Å². The first-order chi connectivity index (χ1) is 37.1. The fraction of sp³-hybridized carbons (Fsp3) is 0. The first-order valence-electron chi connectivity index (χ1n) is 24.9. The minimum Gasteiger partial charge on any atom is -0.456 e. The summed E-state index contributed by atoms with van der Waals surface area (Å²) in [6.45, 7) is 0. The summed E-state index contributed by atoms with van der Waals surface area (Å²) in [5.41, 5.74) is 13.6. The fourth-order valence-electron chi connectivity index (χ4n) is 11.8. The quantitative estimate of drug-likeness (QED) is 0.161. The van der Waals surface area contributed by atoms with E-state index in [0.717, 1.165) is 144 Å². The van der Waals surface area contributed by atoms with Crippen LogP contribution in [0.4, 0.5) is 34.1 Å². The smallest absolute Gasteiger partial charge is 0.137 e. The van der Waals surface area contributed by atoms with Gasteiger partial charge in [-0.15, -0.1) is 0 Å². The molecule has 350 valence electrons. The lowest BCUT2D eigenvalue weighted by atomic mass is 10.0. The minimum absolute atomic E-state index is 0.761. The highest BCUT2D eigenvalue weighted by Gasteiger charge is 2.23. The van der Waals surface area contributed by atoms with Gasteiger partial charge in [-0.2, -0.15) is 0 Å². The zero-order chi connectivity index (χ0) is 48.9. The van der Waals surface area contributed by atoms with E-state index in [1.807, 2.05) is 49.1 Å². The second kappa shape index (κ2) is 15.1. The molecule has 9 nitrogen and oxygen atoms in total. The molecule has 0 atom stereocenters. The lowest BCUT2D eigenvalue weighted by molar-refractivity contribution is 0.662. The monoisotopic (exact) mass is 964 g/mol. The van der Waals surface area contributed by atoms with Crippen molar-refractivity contribution in [3.63, 3.8) is 0 Å². The number of fused-ring (bicyclic) bond motifs is 19. The maximum Gasteiger partial charge on any atom is 0.137 e. The second-order valence-electron chi connectivity index (χ2n) is 19.3. The predicted octanol–water partition coefficient (Wildman–Crippen LogP) is 19.2. The van der Waals surface area contributed by atoms with Crippen LogP contribution in [0.5, 0.6) is 0 Å². The number of pyridine rings is 2. The summed E-state index contributed by atoms with van der Waals surface area (Å²) in [5, 5.41) is 14.9. The summed E-state index contributed by atoms with van der Waals surface area (Å²) in [7, 11) is 0. The maximum absolute atomic E-state index is 6.76. The van der Waals surface area contributed by atoms with Gasteiger partial charge in [0.1, 0.15) is 55.8 Å². The molecular formula is C66H36N4O5. The van der Waals surface area contributed by atoms with E-state index < -0.39 is 0 Å². The molecule has 0 aliphatic heterocycles. The van der Waals surface area contributed by atoms with Crippen LogP contribution in [0.1, 0.15) is 0 Å². The Labute approximate surface area is 424 Å². The standard InChI is InChI=1S/C66H36N4O5/c1-3-7-45-37(5-1)9-19-55-65(45)49-17-13-43(31-59(49)71-55)69(39-21-25-67-26-22-39)41-11-15-47-51-33-63-53(35-61(51)73-57(47)29-41)54-36-62-52(34-64(54)75-63)48-16-12-42(30-58(48)74-62)70(40-23-27-68-28-24-40)44-14-18-50-60(32-44)72-56-20-10-38-6-2-4-8-46(38)66(50)56/h1-36H. The Morgan fingerprint density at radius 3 is 0.947 bits per heavy atom. The summed E-state index contributed by atoms with van der Waals surface area (Å²) in [6, 6.07) is 67.3. The largest absolute Gasteiger partial charge is 0.456 e. The van der Waals surface area contributed by atoms with Crippen molar-refractivity contribution in [1.82, 2.24) is 9.97 Å². The van der Waals surface area contributed by atoms with Crippen LogP contribution in [-0.2, 0) is 0 Å². The van der Waals surface area contributed by atoms with Gasteiger partial charge in [0.2, 0.25) is 0 Å². The molecule has 0 saturated heterocycles. The lowest BCUT2D eigenvalue weighted by Gasteiger charge is -2.25. The van der Waals surface area contributed by atoms with E-state index in [2.05, 4.69) is 190 Å². The van der Waals surface area contributed by atoms with Crippen molar-refractivity contribution in [3.8, 4) is 0 Å². The first-order valence-corrected chi connectivity index (χ1v) is 24.9. The van der Waals surface area contributed by atoms with Gasteiger partial charge in [0, 0.05) is 137 Å². The van der Waals surface area contributed by atoms with Crippen LogP contribution < -0.4 is 9.80 Å². The number of rotatable bonds is 6. The summed E-state index contributed by atoms with van der Waals surface area (Å²) in [5.74, 6) is 0. The molecule has 7 aromatic heterocycles. The number of benzene rings is 10. The predicted molar refractivity (Wildman–Crippen MR) is 303 cm³/mol. The number of anilines is 6. The Bertz CT molecular complexity index is 4900. The van der Waals surface area contributed by atoms with Gasteiger partial charge < -0.3 is 31.9 Å². The molecule has 0 saturated carbocycles. The van der Waals surface area contributed by atoms with E-state index in [9.17, 15) is 0 Å². The lowest BCUT2D eigenvalue weighted by Crippen LogP contribution is -2.09. The van der Waals surface area contributed by atoms with E-state index >= 15 is 0 Å². The molecular weight excluding hydrogens is 929 g/mol. The van der Waals surface area contributed by atoms with Crippen LogP contribution in [0, 0.1) is 0 Å². The van der Waals surface area contributed by atoms with Gasteiger partial charge in [-0.05, 0) is 131 Å². The van der Waals surface area contributed by atoms with Crippen LogP contribution in [0.2, 0.25) is 0 Å². The van der Waals surface area contributed by atoms with Crippen LogP contribution in [0.3, 0.4) is 0 Å². The molecule has 0 radical (unpaired) electrons. The van der Waals surface area contributed by atoms with Crippen molar-refractivity contribution in [2.45, 2.75) is 0 Å². The van der Waals surface area contributed by atoms with E-state index in [1.54, 1.807) is 0 Å². The number of hydrogen-bond donors (Lipinski definition) is 0. The SMILES string of the molecule is c1ccc2c(c1)ccc1oc3cc(N(c4ccncc4)c4ccc5c(c4)oc4cc6c(cc45)oc4cc5c(cc46)oc4cc(N(c6ccncc6)c6ccc7c(c6)oc6ccc8ccccc8c67)ccc45)ccc3c12. The summed E-state index contributed by atoms with van der Waals surface area (Å²) in [4.78, 5) is 13.1. The highest BCUT2D eigenvalue weighted by atomic mass is 16.3. The average Bonchev–Trinajstić information content (AvgIpc) is 4.31. The molecule has 9 heteroatoms. The van der Waals surface area contributed by atoms with Crippen molar-refractivity contribution in [3.05, 3.63) is 219 Å². The molecule has 0 fully saturated rings. The maximum atomic E-state index is 6.76. The van der Waals surface area contributed by atoms with Crippen LogP contribution in [0.15, 0.2) is 241 Å². The van der Waals surface area contributed by atoms with Gasteiger partial charge >= 0.3 is 0 Å². The number of furan rings is 5. The molecule has 0 aliphatic rings. The van der Waals surface area contributed by atoms with Crippen molar-refractivity contribution >= 4 is 165 Å². The molecule has 0 amide bonds. The number of hydrogen-bond acceptors (Lipinski definition) is 9. The number of aromatic nitrogens is 2. The zero-order valence-corrected chi connectivity index (χ0v) is 39.6. The molecule has 0 bridgehead atoms. The Morgan fingerprint density at radius 2 is 0.547 bits per heavy atom. The highest BCUT2D eigenvalue weighted by molar-refractivity contribution is 6.22. The third kappa shape index (κ3) is 5.94. The second-order valence-corrected chi connectivity index (χ2v) is 19.3. The molecule has 17 rings (SSSR count). The Morgan fingerprint density at radius 1 is 0.227 bits per heavy atom. The Kier molecular flexibility index (Phi) is 8.09. The molecule has 75 heavy (non-hydrogen) atoms. The molecule has 0 spiro atoms. The third-order valence-electron chi connectivity index (χ3n) is 15.2. The third-order valence-corrected chi connectivity index (χ3v) is 15.2. The van der Waals surface area contributed by atoms with Gasteiger partial charge in [-0.25, -0.2) is 0 Å². The molecule has 0 unspecified atom stereocenters. The summed E-state index contributed by atoms with van der Waals surface area (Å²) in [6.07, 6.45) is 7.25. The van der Waals surface area contributed by atoms with Crippen molar-refractivity contribution in [1.29, 1.82) is 0 Å². The van der Waals surface area contributed by atoms with Crippen LogP contribution in [-0.4, -0.2) is 9.97 Å². The first kappa shape index (κ1) is 40.2. The topological polar surface area (TPSA) is 98.0 Å². The number of nitrogens with zero attached hydrogens (tertiary/aromatic N) is 4. The van der Waals surface area contributed by atoms with Crippen LogP contribution >= 0.6 is 0 Å². The summed E-state index contributed by atoms with van der Waals surface area (Å²) >= 11 is 0. The van der Waals surface area contributed by atoms with Crippen molar-refractivity contribution in [2.24, 2.45) is 0 Å². The average molecular weight is 965 g/mol. The normalized spacial score (nSPS) is 12.3. The van der Waals surface area contributed by atoms with Gasteiger partial charge in [-0.3, -0.25) is 9.97 Å². The summed E-state index contributed by atoms with van der Waals surface area (Å²) < 4.78 is 33.3. The molecule has 7 heterocycles. The van der Waals surface area contributed by atoms with E-state index in [-0.39, 0.29) is 0 Å². The van der Waals surface area contributed by atoms with Crippen molar-refractivity contribution in [2.75, 3.05) is 9.80 Å². The Hall–Kier alpha value is -10.4. The van der Waals surface area contributed by atoms with E-state index in [4.69, 9.17) is 22.1 Å². The fourth-order valence-corrected chi connectivity index (χ4v) is 11.8. The molecule has 0 N–H and O–H groups in total. The van der Waals surface area contributed by atoms with Gasteiger partial charge in [0.25, 0.3) is 0 Å². The van der Waals surface area contributed by atoms with Crippen molar-refractivity contribution < 1.29 is 22.1 Å². The molecule has 0 aliphatic carbocycles. The zero-order valence-electron chi connectivity index (χ0n) is 39.6. The van der Waals surface area contributed by atoms with Crippen LogP contribution in [0.25, 0.3) is 131 Å².